The van der Waals surface area contributed by atoms with Crippen molar-refractivity contribution in [3.05, 3.63) is 54.2 Å². The quantitative estimate of drug-likeness (QED) is 0.371. The van der Waals surface area contributed by atoms with Gasteiger partial charge in [0.25, 0.3) is 0 Å². The molecule has 1 aliphatic rings. The van der Waals surface area contributed by atoms with E-state index in [9.17, 15) is 0 Å². The number of fused-ring (bicyclic) bond motifs is 1. The summed E-state index contributed by atoms with van der Waals surface area (Å²) in [5.74, 6) is 2.94. The highest BCUT2D eigenvalue weighted by Gasteiger charge is 2.22. The van der Waals surface area contributed by atoms with Crippen molar-refractivity contribution < 1.29 is 0 Å². The van der Waals surface area contributed by atoms with Crippen molar-refractivity contribution >= 4 is 28.5 Å². The summed E-state index contributed by atoms with van der Waals surface area (Å²) >= 11 is 0. The molecule has 1 saturated heterocycles. The summed E-state index contributed by atoms with van der Waals surface area (Å²) in [6.45, 7) is 8.76. The molecule has 5 N–H and O–H groups in total. The van der Waals surface area contributed by atoms with Gasteiger partial charge in [0.15, 0.2) is 0 Å². The molecule has 2 atom stereocenters. The van der Waals surface area contributed by atoms with Crippen molar-refractivity contribution in [1.82, 2.24) is 30.2 Å². The van der Waals surface area contributed by atoms with Gasteiger partial charge >= 0.3 is 0 Å². The number of aromatic amines is 1. The Balaban J connectivity index is 1.43. The summed E-state index contributed by atoms with van der Waals surface area (Å²) in [7, 11) is 0. The maximum absolute atomic E-state index is 5.91. The Morgan fingerprint density at radius 2 is 1.94 bits per heavy atom. The van der Waals surface area contributed by atoms with E-state index in [1.807, 2.05) is 31.3 Å². The Bertz CT molecular complexity index is 1270. The summed E-state index contributed by atoms with van der Waals surface area (Å²) in [6, 6.07) is 10.8. The van der Waals surface area contributed by atoms with Crippen molar-refractivity contribution in [1.29, 1.82) is 0 Å². The van der Waals surface area contributed by atoms with E-state index in [0.717, 1.165) is 52.6 Å². The highest BCUT2D eigenvalue weighted by atomic mass is 15.3. The molecular formula is C24H29N9. The van der Waals surface area contributed by atoms with Gasteiger partial charge in [-0.05, 0) is 50.6 Å². The third-order valence-corrected chi connectivity index (χ3v) is 5.85. The number of H-pyrrole nitrogens is 1. The van der Waals surface area contributed by atoms with Crippen LogP contribution in [-0.2, 0) is 6.54 Å². The molecule has 0 bridgehead atoms. The Labute approximate surface area is 192 Å². The normalized spacial score (nSPS) is 18.6. The van der Waals surface area contributed by atoms with Gasteiger partial charge in [0.1, 0.15) is 28.9 Å². The first-order chi connectivity index (χ1) is 16.0. The van der Waals surface area contributed by atoms with Crippen LogP contribution in [0.4, 0.5) is 17.5 Å². The number of nitrogen functional groups attached to an aromatic ring is 1. The number of piperazine rings is 1. The van der Waals surface area contributed by atoms with Gasteiger partial charge in [-0.2, -0.15) is 0 Å². The van der Waals surface area contributed by atoms with Crippen molar-refractivity contribution in [2.45, 2.75) is 39.4 Å². The molecule has 0 aliphatic carbocycles. The Hall–Kier alpha value is -3.72. The van der Waals surface area contributed by atoms with Crippen LogP contribution in [0.3, 0.4) is 0 Å². The molecule has 5 heterocycles. The minimum absolute atomic E-state index is 0.434. The summed E-state index contributed by atoms with van der Waals surface area (Å²) in [4.78, 5) is 23.9. The first-order valence-electron chi connectivity index (χ1n) is 11.2. The summed E-state index contributed by atoms with van der Waals surface area (Å²) in [6.07, 6.45) is 3.64. The van der Waals surface area contributed by atoms with Crippen LogP contribution in [0.1, 0.15) is 25.4 Å². The molecule has 170 valence electrons. The van der Waals surface area contributed by atoms with Crippen LogP contribution in [-0.4, -0.2) is 50.1 Å². The Kier molecular flexibility index (Phi) is 5.55. The summed E-state index contributed by atoms with van der Waals surface area (Å²) < 4.78 is 0. The number of pyridine rings is 2. The zero-order chi connectivity index (χ0) is 22.9. The fourth-order valence-corrected chi connectivity index (χ4v) is 4.55. The van der Waals surface area contributed by atoms with Crippen LogP contribution >= 0.6 is 0 Å². The molecule has 0 radical (unpaired) electrons. The van der Waals surface area contributed by atoms with Crippen molar-refractivity contribution in [2.75, 3.05) is 29.0 Å². The lowest BCUT2D eigenvalue weighted by Crippen LogP contribution is -2.54. The minimum Gasteiger partial charge on any atom is -0.384 e. The number of nitrogens with two attached hydrogens (primary N) is 1. The average Bonchev–Trinajstić information content (AvgIpc) is 3.21. The lowest BCUT2D eigenvalue weighted by Gasteiger charge is -2.37. The molecule has 9 heteroatoms. The van der Waals surface area contributed by atoms with Crippen molar-refractivity contribution in [2.24, 2.45) is 0 Å². The fraction of sp³-hybridized carbons (Fsp3) is 0.333. The van der Waals surface area contributed by atoms with E-state index >= 15 is 0 Å². The van der Waals surface area contributed by atoms with Crippen LogP contribution in [0.25, 0.3) is 22.2 Å². The standard InChI is InChI=1S/C24H29N9/c1-14-12-33(13-15(2)29-14)21-6-4-5-18(32-21)10-27-23-22-19(17-7-8-26-20(25)9-17)11-28-24(22)31-16(3)30-23/h4-9,11,14-15,29H,10,12-13H2,1-3H3,(H2,25,26)(H2,27,28,30,31)/t14-,15+. The number of hydrogen-bond acceptors (Lipinski definition) is 8. The third kappa shape index (κ3) is 4.45. The first kappa shape index (κ1) is 21.1. The van der Waals surface area contributed by atoms with Gasteiger partial charge in [-0.1, -0.05) is 6.07 Å². The molecule has 4 aromatic rings. The molecule has 0 aromatic carbocycles. The van der Waals surface area contributed by atoms with Gasteiger partial charge in [-0.3, -0.25) is 0 Å². The molecule has 0 unspecified atom stereocenters. The number of nitrogens with zero attached hydrogens (tertiary/aromatic N) is 5. The van der Waals surface area contributed by atoms with Crippen molar-refractivity contribution in [3.8, 4) is 11.1 Å². The maximum atomic E-state index is 5.91. The van der Waals surface area contributed by atoms with E-state index in [1.54, 1.807) is 6.20 Å². The predicted molar refractivity (Wildman–Crippen MR) is 132 cm³/mol. The van der Waals surface area contributed by atoms with Gasteiger partial charge in [-0.25, -0.2) is 19.9 Å². The molecule has 9 nitrogen and oxygen atoms in total. The fourth-order valence-electron chi connectivity index (χ4n) is 4.55. The van der Waals surface area contributed by atoms with Gasteiger partial charge in [0, 0.05) is 43.1 Å². The largest absolute Gasteiger partial charge is 0.384 e. The zero-order valence-electron chi connectivity index (χ0n) is 19.1. The highest BCUT2D eigenvalue weighted by Crippen LogP contribution is 2.33. The number of nitrogens with one attached hydrogen (secondary N) is 3. The second kappa shape index (κ2) is 8.67. The minimum atomic E-state index is 0.434. The van der Waals surface area contributed by atoms with E-state index in [-0.39, 0.29) is 0 Å². The number of rotatable bonds is 5. The average molecular weight is 444 g/mol. The zero-order valence-corrected chi connectivity index (χ0v) is 19.1. The van der Waals surface area contributed by atoms with E-state index in [2.05, 4.69) is 56.5 Å². The maximum Gasteiger partial charge on any atom is 0.143 e. The molecule has 33 heavy (non-hydrogen) atoms. The van der Waals surface area contributed by atoms with Crippen LogP contribution < -0.4 is 21.3 Å². The highest BCUT2D eigenvalue weighted by molar-refractivity contribution is 6.01. The number of aromatic nitrogens is 5. The second-order valence-corrected chi connectivity index (χ2v) is 8.73. The van der Waals surface area contributed by atoms with E-state index in [1.165, 1.54) is 0 Å². The Morgan fingerprint density at radius 1 is 1.12 bits per heavy atom. The molecule has 4 aromatic heterocycles. The summed E-state index contributed by atoms with van der Waals surface area (Å²) in [5, 5.41) is 7.99. The molecule has 0 spiro atoms. The first-order valence-corrected chi connectivity index (χ1v) is 11.2. The Morgan fingerprint density at radius 3 is 2.73 bits per heavy atom. The van der Waals surface area contributed by atoms with Crippen LogP contribution in [0.15, 0.2) is 42.7 Å². The molecule has 5 rings (SSSR count). The smallest absolute Gasteiger partial charge is 0.143 e. The molecular weight excluding hydrogens is 414 g/mol. The van der Waals surface area contributed by atoms with Crippen LogP contribution in [0.2, 0.25) is 0 Å². The lowest BCUT2D eigenvalue weighted by molar-refractivity contribution is 0.405. The third-order valence-electron chi connectivity index (χ3n) is 5.85. The molecule has 1 aliphatic heterocycles. The second-order valence-electron chi connectivity index (χ2n) is 8.73. The number of hydrogen-bond donors (Lipinski definition) is 4. The van der Waals surface area contributed by atoms with Gasteiger partial charge in [0.05, 0.1) is 17.6 Å². The van der Waals surface area contributed by atoms with E-state index in [0.29, 0.717) is 30.3 Å². The van der Waals surface area contributed by atoms with Crippen LogP contribution in [0.5, 0.6) is 0 Å². The number of aryl methyl sites for hydroxylation is 1. The summed E-state index contributed by atoms with van der Waals surface area (Å²) in [5.41, 5.74) is 9.59. The van der Waals surface area contributed by atoms with Crippen molar-refractivity contribution in [3.63, 3.8) is 0 Å². The van der Waals surface area contributed by atoms with Gasteiger partial charge in [0.2, 0.25) is 0 Å². The van der Waals surface area contributed by atoms with Crippen LogP contribution in [0, 0.1) is 6.92 Å². The molecule has 0 saturated carbocycles. The molecule has 1 fully saturated rings. The van der Waals surface area contributed by atoms with Gasteiger partial charge in [-0.15, -0.1) is 0 Å². The van der Waals surface area contributed by atoms with E-state index < -0.39 is 0 Å². The lowest BCUT2D eigenvalue weighted by atomic mass is 10.1. The monoisotopic (exact) mass is 443 g/mol. The van der Waals surface area contributed by atoms with Gasteiger partial charge < -0.3 is 26.3 Å². The van der Waals surface area contributed by atoms with E-state index in [4.69, 9.17) is 15.7 Å². The molecule has 0 amide bonds. The predicted octanol–water partition coefficient (Wildman–Crippen LogP) is 3.10. The number of anilines is 3. The SMILES string of the molecule is Cc1nc(NCc2cccc(N3C[C@@H](C)N[C@@H](C)C3)n2)c2c(-c3ccnc(N)c3)c[nH]c2n1. The topological polar surface area (TPSA) is 121 Å².